The maximum atomic E-state index is 11.0. The summed E-state index contributed by atoms with van der Waals surface area (Å²) in [6.45, 7) is 1.82. The molecule has 0 bridgehead atoms. The van der Waals surface area contributed by atoms with Gasteiger partial charge in [0, 0.05) is 6.07 Å². The zero-order chi connectivity index (χ0) is 9.14. The van der Waals surface area contributed by atoms with E-state index in [9.17, 15) is 4.79 Å². The lowest BCUT2D eigenvalue weighted by Gasteiger charge is -1.92. The van der Waals surface area contributed by atoms with Crippen LogP contribution in [0.3, 0.4) is 0 Å². The van der Waals surface area contributed by atoms with Crippen molar-refractivity contribution in [2.45, 2.75) is 6.92 Å². The molecule has 1 heterocycles. The number of rotatable bonds is 2. The van der Waals surface area contributed by atoms with E-state index in [1.807, 2.05) is 6.92 Å². The molecule has 1 aromatic heterocycles. The number of aryl methyl sites for hydroxylation is 1. The second-order valence-corrected chi connectivity index (χ2v) is 2.37. The number of nitrogens with one attached hydrogen (secondary N) is 1. The van der Waals surface area contributed by atoms with Crippen molar-refractivity contribution in [1.29, 1.82) is 0 Å². The summed E-state index contributed by atoms with van der Waals surface area (Å²) in [5.74, 6) is 0.275. The van der Waals surface area contributed by atoms with E-state index in [1.54, 1.807) is 13.2 Å². The van der Waals surface area contributed by atoms with E-state index < -0.39 is 0 Å². The highest BCUT2D eigenvalue weighted by Crippen LogP contribution is 2.18. The molecule has 0 radical (unpaired) electrons. The first kappa shape index (κ1) is 8.64. The largest absolute Gasteiger partial charge is 0.495 e. The third-order valence-electron chi connectivity index (χ3n) is 1.59. The standard InChI is InChI=1S/C8H11NO3/c1-5-7(11-2)4-6(9-5)8(10)12-3/h4,9H,1-3H3. The van der Waals surface area contributed by atoms with Crippen LogP contribution in [0, 0.1) is 6.92 Å². The summed E-state index contributed by atoms with van der Waals surface area (Å²) in [6.07, 6.45) is 0. The predicted molar refractivity (Wildman–Crippen MR) is 43.4 cm³/mol. The van der Waals surface area contributed by atoms with Gasteiger partial charge in [-0.1, -0.05) is 0 Å². The Kier molecular flexibility index (Phi) is 2.38. The van der Waals surface area contributed by atoms with Crippen molar-refractivity contribution < 1.29 is 14.3 Å². The number of hydrogen-bond donors (Lipinski definition) is 1. The second-order valence-electron chi connectivity index (χ2n) is 2.37. The van der Waals surface area contributed by atoms with Crippen molar-refractivity contribution in [2.24, 2.45) is 0 Å². The Bertz CT molecular complexity index is 290. The monoisotopic (exact) mass is 169 g/mol. The molecule has 0 spiro atoms. The Balaban J connectivity index is 2.96. The lowest BCUT2D eigenvalue weighted by atomic mass is 10.4. The number of carbonyl (C=O) groups is 1. The molecule has 0 saturated heterocycles. The maximum Gasteiger partial charge on any atom is 0.354 e. The van der Waals surface area contributed by atoms with Crippen LogP contribution < -0.4 is 4.74 Å². The zero-order valence-corrected chi connectivity index (χ0v) is 7.30. The van der Waals surface area contributed by atoms with Crippen molar-refractivity contribution >= 4 is 5.97 Å². The number of H-pyrrole nitrogens is 1. The Labute approximate surface area is 70.5 Å². The first-order chi connectivity index (χ1) is 5.69. The van der Waals surface area contributed by atoms with E-state index >= 15 is 0 Å². The highest BCUT2D eigenvalue weighted by atomic mass is 16.5. The van der Waals surface area contributed by atoms with Gasteiger partial charge in [-0.25, -0.2) is 4.79 Å². The Morgan fingerprint density at radius 2 is 2.17 bits per heavy atom. The molecule has 0 fully saturated rings. The highest BCUT2D eigenvalue weighted by Gasteiger charge is 2.11. The summed E-state index contributed by atoms with van der Waals surface area (Å²) in [5, 5.41) is 0. The van der Waals surface area contributed by atoms with E-state index in [1.165, 1.54) is 7.11 Å². The molecule has 4 heteroatoms. The minimum absolute atomic E-state index is 0.388. The molecule has 0 aromatic carbocycles. The van der Waals surface area contributed by atoms with Gasteiger partial charge in [0.15, 0.2) is 0 Å². The molecule has 4 nitrogen and oxygen atoms in total. The normalized spacial score (nSPS) is 9.58. The average molecular weight is 169 g/mol. The molecule has 1 rings (SSSR count). The lowest BCUT2D eigenvalue weighted by molar-refractivity contribution is 0.0594. The van der Waals surface area contributed by atoms with Crippen LogP contribution in [0.1, 0.15) is 16.2 Å². The van der Waals surface area contributed by atoms with Gasteiger partial charge in [-0.05, 0) is 6.92 Å². The number of aromatic amines is 1. The fraction of sp³-hybridized carbons (Fsp3) is 0.375. The highest BCUT2D eigenvalue weighted by molar-refractivity contribution is 5.88. The fourth-order valence-electron chi connectivity index (χ4n) is 0.971. The van der Waals surface area contributed by atoms with E-state index in [0.717, 1.165) is 5.69 Å². The van der Waals surface area contributed by atoms with Crippen LogP contribution in [0.4, 0.5) is 0 Å². The molecule has 0 aliphatic carbocycles. The van der Waals surface area contributed by atoms with Gasteiger partial charge in [0.25, 0.3) is 0 Å². The first-order valence-corrected chi connectivity index (χ1v) is 3.51. The number of carbonyl (C=O) groups excluding carboxylic acids is 1. The van der Waals surface area contributed by atoms with Crippen LogP contribution in [0.25, 0.3) is 0 Å². The van der Waals surface area contributed by atoms with Gasteiger partial charge in [0.2, 0.25) is 0 Å². The quantitative estimate of drug-likeness (QED) is 0.675. The van der Waals surface area contributed by atoms with Crippen molar-refractivity contribution in [3.63, 3.8) is 0 Å². The summed E-state index contributed by atoms with van der Waals surface area (Å²) in [7, 11) is 2.89. The van der Waals surface area contributed by atoms with Gasteiger partial charge in [-0.15, -0.1) is 0 Å². The number of hydrogen-bond acceptors (Lipinski definition) is 3. The zero-order valence-electron chi connectivity index (χ0n) is 7.30. The number of esters is 1. The summed E-state index contributed by atoms with van der Waals surface area (Å²) < 4.78 is 9.50. The topological polar surface area (TPSA) is 51.3 Å². The van der Waals surface area contributed by atoms with E-state index in [4.69, 9.17) is 4.74 Å². The molecular weight excluding hydrogens is 158 g/mol. The van der Waals surface area contributed by atoms with Gasteiger partial charge in [0.1, 0.15) is 11.4 Å². The molecule has 0 amide bonds. The Hall–Kier alpha value is -1.45. The lowest BCUT2D eigenvalue weighted by Crippen LogP contribution is -2.00. The SMILES string of the molecule is COC(=O)c1cc(OC)c(C)[nH]1. The summed E-state index contributed by atoms with van der Waals surface area (Å²) in [5.41, 5.74) is 1.23. The fourth-order valence-corrected chi connectivity index (χ4v) is 0.971. The third-order valence-corrected chi connectivity index (χ3v) is 1.59. The molecule has 0 unspecified atom stereocenters. The second kappa shape index (κ2) is 3.30. The summed E-state index contributed by atoms with van der Waals surface area (Å²) in [6, 6.07) is 1.61. The third kappa shape index (κ3) is 1.42. The van der Waals surface area contributed by atoms with Crippen LogP contribution in [0.15, 0.2) is 6.07 Å². The maximum absolute atomic E-state index is 11.0. The molecule has 0 atom stereocenters. The van der Waals surface area contributed by atoms with Crippen molar-refractivity contribution in [3.05, 3.63) is 17.5 Å². The Morgan fingerprint density at radius 1 is 1.50 bits per heavy atom. The van der Waals surface area contributed by atoms with Gasteiger partial charge >= 0.3 is 5.97 Å². The minimum Gasteiger partial charge on any atom is -0.495 e. The van der Waals surface area contributed by atoms with Crippen molar-refractivity contribution in [1.82, 2.24) is 4.98 Å². The minimum atomic E-state index is -0.388. The Morgan fingerprint density at radius 3 is 2.58 bits per heavy atom. The molecule has 0 aliphatic heterocycles. The van der Waals surface area contributed by atoms with Gasteiger partial charge < -0.3 is 14.5 Å². The van der Waals surface area contributed by atoms with E-state index in [0.29, 0.717) is 11.4 Å². The predicted octanol–water partition coefficient (Wildman–Crippen LogP) is 1.12. The van der Waals surface area contributed by atoms with Crippen LogP contribution in [-0.4, -0.2) is 25.2 Å². The molecular formula is C8H11NO3. The summed E-state index contributed by atoms with van der Waals surface area (Å²) >= 11 is 0. The summed E-state index contributed by atoms with van der Waals surface area (Å²) in [4.78, 5) is 13.8. The van der Waals surface area contributed by atoms with E-state index in [-0.39, 0.29) is 5.97 Å². The molecule has 12 heavy (non-hydrogen) atoms. The number of aromatic nitrogens is 1. The van der Waals surface area contributed by atoms with Gasteiger partial charge in [0.05, 0.1) is 19.9 Å². The molecule has 1 aromatic rings. The molecule has 1 N–H and O–H groups in total. The van der Waals surface area contributed by atoms with Crippen LogP contribution in [-0.2, 0) is 4.74 Å². The van der Waals surface area contributed by atoms with Crippen LogP contribution in [0.5, 0.6) is 5.75 Å². The van der Waals surface area contributed by atoms with Gasteiger partial charge in [-0.3, -0.25) is 0 Å². The molecule has 0 aliphatic rings. The first-order valence-electron chi connectivity index (χ1n) is 3.51. The number of ether oxygens (including phenoxy) is 2. The van der Waals surface area contributed by atoms with Gasteiger partial charge in [-0.2, -0.15) is 0 Å². The van der Waals surface area contributed by atoms with Crippen molar-refractivity contribution in [2.75, 3.05) is 14.2 Å². The average Bonchev–Trinajstić information content (AvgIpc) is 2.45. The van der Waals surface area contributed by atoms with Crippen molar-refractivity contribution in [3.8, 4) is 5.75 Å². The van der Waals surface area contributed by atoms with Crippen LogP contribution in [0.2, 0.25) is 0 Å². The number of methoxy groups -OCH3 is 2. The van der Waals surface area contributed by atoms with E-state index in [2.05, 4.69) is 9.72 Å². The smallest absolute Gasteiger partial charge is 0.354 e. The molecule has 0 saturated carbocycles. The molecule has 66 valence electrons. The van der Waals surface area contributed by atoms with Crippen LogP contribution >= 0.6 is 0 Å².